The summed E-state index contributed by atoms with van der Waals surface area (Å²) < 4.78 is 2.14. The summed E-state index contributed by atoms with van der Waals surface area (Å²) in [7, 11) is 2.04. The average molecular weight is 283 g/mol. The number of hydrogen-bond donors (Lipinski definition) is 2. The minimum atomic E-state index is -0.0517. The van der Waals surface area contributed by atoms with Crippen LogP contribution in [0.15, 0.2) is 30.3 Å². The Balaban J connectivity index is 1.83. The molecular weight excluding hydrogens is 262 g/mol. The number of carbonyl (C=O) groups is 1. The zero-order valence-corrected chi connectivity index (χ0v) is 12.5. The summed E-state index contributed by atoms with van der Waals surface area (Å²) in [6.07, 6.45) is 2.47. The van der Waals surface area contributed by atoms with Gasteiger partial charge in [0, 0.05) is 30.7 Å². The summed E-state index contributed by atoms with van der Waals surface area (Å²) in [5.41, 5.74) is 10.5. The zero-order chi connectivity index (χ0) is 15.0. The van der Waals surface area contributed by atoms with Crippen LogP contribution in [0.2, 0.25) is 0 Å². The first kappa shape index (κ1) is 13.9. The van der Waals surface area contributed by atoms with Crippen molar-refractivity contribution in [2.24, 2.45) is 12.8 Å². The molecule has 0 unspecified atom stereocenters. The number of rotatable bonds is 4. The predicted molar refractivity (Wildman–Crippen MR) is 84.4 cm³/mol. The summed E-state index contributed by atoms with van der Waals surface area (Å²) >= 11 is 0. The lowest BCUT2D eigenvalue weighted by molar-refractivity contribution is 0.102. The van der Waals surface area contributed by atoms with Gasteiger partial charge in [0.05, 0.1) is 5.56 Å². The zero-order valence-electron chi connectivity index (χ0n) is 12.5. The second-order valence-corrected chi connectivity index (χ2v) is 5.76. The summed E-state index contributed by atoms with van der Waals surface area (Å²) in [6.45, 7) is 2.47. The fourth-order valence-electron chi connectivity index (χ4n) is 2.70. The van der Waals surface area contributed by atoms with Crippen LogP contribution < -0.4 is 11.1 Å². The molecule has 3 rings (SSSR count). The molecule has 4 heteroatoms. The molecule has 110 valence electrons. The van der Waals surface area contributed by atoms with Gasteiger partial charge in [-0.05, 0) is 49.4 Å². The quantitative estimate of drug-likeness (QED) is 0.906. The second kappa shape index (κ2) is 5.37. The lowest BCUT2D eigenvalue weighted by atomic mass is 10.1. The van der Waals surface area contributed by atoms with Gasteiger partial charge in [0.15, 0.2) is 0 Å². The van der Waals surface area contributed by atoms with Gasteiger partial charge >= 0.3 is 0 Å². The van der Waals surface area contributed by atoms with Crippen LogP contribution in [-0.4, -0.2) is 10.5 Å². The Bertz CT molecular complexity index is 683. The molecule has 0 atom stereocenters. The molecule has 1 fully saturated rings. The molecule has 2 aromatic rings. The van der Waals surface area contributed by atoms with Crippen molar-refractivity contribution in [3.05, 3.63) is 52.8 Å². The predicted octanol–water partition coefficient (Wildman–Crippen LogP) is 2.92. The number of benzene rings is 1. The van der Waals surface area contributed by atoms with Crippen LogP contribution in [0.25, 0.3) is 0 Å². The van der Waals surface area contributed by atoms with Crippen LogP contribution in [0.4, 0.5) is 5.69 Å². The van der Waals surface area contributed by atoms with E-state index in [4.69, 9.17) is 5.73 Å². The molecule has 1 heterocycles. The molecule has 0 radical (unpaired) electrons. The first-order valence-electron chi connectivity index (χ1n) is 7.36. The third-order valence-electron chi connectivity index (χ3n) is 4.23. The molecule has 1 aliphatic carbocycles. The molecule has 1 aliphatic rings. The molecule has 1 saturated carbocycles. The van der Waals surface area contributed by atoms with Gasteiger partial charge in [-0.15, -0.1) is 0 Å². The molecule has 1 aromatic carbocycles. The number of hydrogen-bond acceptors (Lipinski definition) is 2. The Labute approximate surface area is 125 Å². The Morgan fingerprint density at radius 3 is 2.81 bits per heavy atom. The van der Waals surface area contributed by atoms with Crippen LogP contribution in [-0.2, 0) is 13.6 Å². The van der Waals surface area contributed by atoms with E-state index in [0.717, 1.165) is 22.5 Å². The van der Waals surface area contributed by atoms with Gasteiger partial charge in [-0.2, -0.15) is 0 Å². The number of anilines is 1. The first-order valence-corrected chi connectivity index (χ1v) is 7.36. The van der Waals surface area contributed by atoms with E-state index < -0.39 is 0 Å². The van der Waals surface area contributed by atoms with E-state index >= 15 is 0 Å². The third-order valence-corrected chi connectivity index (χ3v) is 4.23. The first-order chi connectivity index (χ1) is 10.1. The number of nitrogens with zero attached hydrogens (tertiary/aromatic N) is 1. The average Bonchev–Trinajstić information content (AvgIpc) is 3.27. The number of nitrogens with one attached hydrogen (secondary N) is 1. The van der Waals surface area contributed by atoms with E-state index in [0.29, 0.717) is 12.5 Å². The topological polar surface area (TPSA) is 60.1 Å². The van der Waals surface area contributed by atoms with E-state index in [1.807, 2.05) is 44.3 Å². The van der Waals surface area contributed by atoms with Crippen LogP contribution in [0, 0.1) is 6.92 Å². The molecule has 21 heavy (non-hydrogen) atoms. The van der Waals surface area contributed by atoms with Crippen molar-refractivity contribution in [1.82, 2.24) is 4.57 Å². The molecular formula is C17H21N3O. The van der Waals surface area contributed by atoms with Gasteiger partial charge in [-0.3, -0.25) is 4.79 Å². The van der Waals surface area contributed by atoms with Crippen LogP contribution in [0.5, 0.6) is 0 Å². The molecule has 1 amide bonds. The van der Waals surface area contributed by atoms with Crippen molar-refractivity contribution in [1.29, 1.82) is 0 Å². The van der Waals surface area contributed by atoms with E-state index in [-0.39, 0.29) is 5.91 Å². The fourth-order valence-corrected chi connectivity index (χ4v) is 2.70. The molecule has 0 bridgehead atoms. The van der Waals surface area contributed by atoms with Gasteiger partial charge in [0.25, 0.3) is 5.91 Å². The van der Waals surface area contributed by atoms with E-state index in [2.05, 4.69) is 9.88 Å². The molecule has 1 aromatic heterocycles. The largest absolute Gasteiger partial charge is 0.351 e. The molecule has 3 N–H and O–H groups in total. The molecule has 0 aliphatic heterocycles. The maximum atomic E-state index is 12.5. The van der Waals surface area contributed by atoms with Gasteiger partial charge in [0.2, 0.25) is 0 Å². The Morgan fingerprint density at radius 2 is 2.14 bits per heavy atom. The molecule has 0 saturated heterocycles. The van der Waals surface area contributed by atoms with Gasteiger partial charge in [-0.25, -0.2) is 0 Å². The van der Waals surface area contributed by atoms with Crippen molar-refractivity contribution in [3.8, 4) is 0 Å². The number of aromatic nitrogens is 1. The lowest BCUT2D eigenvalue weighted by Crippen LogP contribution is -2.13. The SMILES string of the molecule is Cc1c(C(=O)Nc2cccc(CN)c2)cc(C2CC2)n1C. The van der Waals surface area contributed by atoms with Crippen molar-refractivity contribution in [2.45, 2.75) is 32.2 Å². The highest BCUT2D eigenvalue weighted by Gasteiger charge is 2.28. The standard InChI is InChI=1S/C17H21N3O/c1-11-15(9-16(20(11)2)13-6-7-13)17(21)19-14-5-3-4-12(8-14)10-18/h3-5,8-9,13H,6-7,10,18H2,1-2H3,(H,19,21). The lowest BCUT2D eigenvalue weighted by Gasteiger charge is -2.07. The minimum Gasteiger partial charge on any atom is -0.351 e. The summed E-state index contributed by atoms with van der Waals surface area (Å²) in [4.78, 5) is 12.5. The maximum absolute atomic E-state index is 12.5. The smallest absolute Gasteiger partial charge is 0.257 e. The molecule has 0 spiro atoms. The summed E-state index contributed by atoms with van der Waals surface area (Å²) in [6, 6.07) is 9.70. The number of carbonyl (C=O) groups excluding carboxylic acids is 1. The summed E-state index contributed by atoms with van der Waals surface area (Å²) in [5.74, 6) is 0.583. The highest BCUT2D eigenvalue weighted by molar-refractivity contribution is 6.05. The van der Waals surface area contributed by atoms with Crippen LogP contribution >= 0.6 is 0 Å². The Hall–Kier alpha value is -2.07. The second-order valence-electron chi connectivity index (χ2n) is 5.76. The highest BCUT2D eigenvalue weighted by atomic mass is 16.1. The van der Waals surface area contributed by atoms with E-state index in [1.54, 1.807) is 0 Å². The maximum Gasteiger partial charge on any atom is 0.257 e. The monoisotopic (exact) mass is 283 g/mol. The minimum absolute atomic E-state index is 0.0517. The van der Waals surface area contributed by atoms with Crippen molar-refractivity contribution < 1.29 is 4.79 Å². The normalized spacial score (nSPS) is 14.2. The number of nitrogens with two attached hydrogens (primary N) is 1. The third kappa shape index (κ3) is 2.72. The Kier molecular flexibility index (Phi) is 3.55. The summed E-state index contributed by atoms with van der Waals surface area (Å²) in [5, 5.41) is 2.97. The Morgan fingerprint density at radius 1 is 1.38 bits per heavy atom. The van der Waals surface area contributed by atoms with Crippen molar-refractivity contribution >= 4 is 11.6 Å². The van der Waals surface area contributed by atoms with Crippen LogP contribution in [0.3, 0.4) is 0 Å². The van der Waals surface area contributed by atoms with Gasteiger partial charge < -0.3 is 15.6 Å². The van der Waals surface area contributed by atoms with Crippen LogP contribution in [0.1, 0.15) is 46.1 Å². The van der Waals surface area contributed by atoms with E-state index in [9.17, 15) is 4.79 Å². The van der Waals surface area contributed by atoms with Crippen molar-refractivity contribution in [2.75, 3.05) is 5.32 Å². The fraction of sp³-hybridized carbons (Fsp3) is 0.353. The van der Waals surface area contributed by atoms with Gasteiger partial charge in [0.1, 0.15) is 0 Å². The highest BCUT2D eigenvalue weighted by Crippen LogP contribution is 2.41. The number of amides is 1. The molecule has 4 nitrogen and oxygen atoms in total. The van der Waals surface area contributed by atoms with Crippen molar-refractivity contribution in [3.63, 3.8) is 0 Å². The van der Waals surface area contributed by atoms with Gasteiger partial charge in [-0.1, -0.05) is 12.1 Å². The van der Waals surface area contributed by atoms with E-state index in [1.165, 1.54) is 18.5 Å².